The molecule has 0 atom stereocenters. The number of carbonyl (C=O) groups excluding carboxylic acids is 2. The van der Waals surface area contributed by atoms with Crippen LogP contribution in [0.25, 0.3) is 0 Å². The standard InChI is InChI=1S/C22H28N2O3/c1-14(2)27-20-9-7-19(8-10-20)23-21(26)13-24(18(6)25)22-16(4)11-15(3)12-17(22)5/h7-12,14H,13H2,1-6H3,(H,23,26). The molecule has 5 nitrogen and oxygen atoms in total. The van der Waals surface area contributed by atoms with Crippen LogP contribution < -0.4 is 15.0 Å². The lowest BCUT2D eigenvalue weighted by molar-refractivity contribution is -0.120. The van der Waals surface area contributed by atoms with E-state index in [2.05, 4.69) is 5.32 Å². The van der Waals surface area contributed by atoms with Gasteiger partial charge in [-0.3, -0.25) is 9.59 Å². The summed E-state index contributed by atoms with van der Waals surface area (Å²) >= 11 is 0. The molecular formula is C22H28N2O3. The van der Waals surface area contributed by atoms with E-state index >= 15 is 0 Å². The number of aryl methyl sites for hydroxylation is 3. The van der Waals surface area contributed by atoms with Crippen molar-refractivity contribution in [3.05, 3.63) is 53.1 Å². The topological polar surface area (TPSA) is 58.6 Å². The lowest BCUT2D eigenvalue weighted by Crippen LogP contribution is -2.37. The van der Waals surface area contributed by atoms with Gasteiger partial charge in [-0.05, 0) is 70.0 Å². The van der Waals surface area contributed by atoms with E-state index in [-0.39, 0.29) is 24.5 Å². The number of hydrogen-bond donors (Lipinski definition) is 1. The van der Waals surface area contributed by atoms with E-state index in [1.165, 1.54) is 11.8 Å². The number of benzene rings is 2. The van der Waals surface area contributed by atoms with Crippen LogP contribution in [-0.4, -0.2) is 24.5 Å². The molecule has 2 rings (SSSR count). The Kier molecular flexibility index (Phi) is 6.61. The fourth-order valence-electron chi connectivity index (χ4n) is 3.18. The molecule has 2 aromatic rings. The van der Waals surface area contributed by atoms with Crippen LogP contribution in [0.2, 0.25) is 0 Å². The van der Waals surface area contributed by atoms with Crippen LogP contribution in [0.3, 0.4) is 0 Å². The van der Waals surface area contributed by atoms with Crippen LogP contribution >= 0.6 is 0 Å². The Labute approximate surface area is 161 Å². The normalized spacial score (nSPS) is 10.6. The third-order valence-electron chi connectivity index (χ3n) is 4.10. The van der Waals surface area contributed by atoms with Gasteiger partial charge in [-0.15, -0.1) is 0 Å². The van der Waals surface area contributed by atoms with Crippen molar-refractivity contribution in [2.75, 3.05) is 16.8 Å². The maximum Gasteiger partial charge on any atom is 0.244 e. The van der Waals surface area contributed by atoms with Crippen LogP contribution in [0.15, 0.2) is 36.4 Å². The molecular weight excluding hydrogens is 340 g/mol. The number of ether oxygens (including phenoxy) is 1. The SMILES string of the molecule is CC(=O)N(CC(=O)Nc1ccc(OC(C)C)cc1)c1c(C)cc(C)cc1C. The Hall–Kier alpha value is -2.82. The van der Waals surface area contributed by atoms with E-state index in [0.717, 1.165) is 28.1 Å². The van der Waals surface area contributed by atoms with Crippen molar-refractivity contribution in [1.82, 2.24) is 0 Å². The minimum absolute atomic E-state index is 0.0374. The summed E-state index contributed by atoms with van der Waals surface area (Å²) < 4.78 is 5.60. The highest BCUT2D eigenvalue weighted by Crippen LogP contribution is 2.26. The second kappa shape index (κ2) is 8.71. The van der Waals surface area contributed by atoms with Gasteiger partial charge in [-0.25, -0.2) is 0 Å². The second-order valence-electron chi connectivity index (χ2n) is 7.09. The molecule has 0 aromatic heterocycles. The van der Waals surface area contributed by atoms with Gasteiger partial charge in [0.15, 0.2) is 0 Å². The van der Waals surface area contributed by atoms with Gasteiger partial charge in [-0.1, -0.05) is 17.7 Å². The van der Waals surface area contributed by atoms with Crippen LogP contribution in [0.1, 0.15) is 37.5 Å². The summed E-state index contributed by atoms with van der Waals surface area (Å²) in [4.78, 5) is 26.2. The third kappa shape index (κ3) is 5.58. The molecule has 0 aliphatic carbocycles. The first-order chi connectivity index (χ1) is 12.7. The molecule has 0 radical (unpaired) electrons. The van der Waals surface area contributed by atoms with Crippen LogP contribution in [0.4, 0.5) is 11.4 Å². The quantitative estimate of drug-likeness (QED) is 0.823. The number of hydrogen-bond acceptors (Lipinski definition) is 3. The predicted molar refractivity (Wildman–Crippen MR) is 110 cm³/mol. The lowest BCUT2D eigenvalue weighted by atomic mass is 10.0. The van der Waals surface area contributed by atoms with Crippen molar-refractivity contribution >= 4 is 23.2 Å². The number of nitrogens with one attached hydrogen (secondary N) is 1. The first-order valence-corrected chi connectivity index (χ1v) is 9.10. The van der Waals surface area contributed by atoms with E-state index in [0.29, 0.717) is 5.69 Å². The maximum atomic E-state index is 12.5. The predicted octanol–water partition coefficient (Wildman–Crippen LogP) is 4.39. The number of nitrogens with zero attached hydrogens (tertiary/aromatic N) is 1. The van der Waals surface area contributed by atoms with Crippen LogP contribution in [-0.2, 0) is 9.59 Å². The molecule has 0 bridgehead atoms. The highest BCUT2D eigenvalue weighted by Gasteiger charge is 2.20. The highest BCUT2D eigenvalue weighted by atomic mass is 16.5. The van der Waals surface area contributed by atoms with Crippen molar-refractivity contribution in [1.29, 1.82) is 0 Å². The average Bonchev–Trinajstić information content (AvgIpc) is 2.54. The van der Waals surface area contributed by atoms with E-state index < -0.39 is 0 Å². The second-order valence-corrected chi connectivity index (χ2v) is 7.09. The molecule has 0 unspecified atom stereocenters. The van der Waals surface area contributed by atoms with Gasteiger partial charge < -0.3 is 15.0 Å². The summed E-state index contributed by atoms with van der Waals surface area (Å²) in [6.45, 7) is 11.3. The first-order valence-electron chi connectivity index (χ1n) is 9.10. The highest BCUT2D eigenvalue weighted by molar-refractivity contribution is 6.02. The molecule has 0 heterocycles. The molecule has 2 aromatic carbocycles. The van der Waals surface area contributed by atoms with Crippen molar-refractivity contribution < 1.29 is 14.3 Å². The number of anilines is 2. The number of rotatable bonds is 6. The summed E-state index contributed by atoms with van der Waals surface area (Å²) in [5.74, 6) is 0.335. The minimum Gasteiger partial charge on any atom is -0.491 e. The third-order valence-corrected chi connectivity index (χ3v) is 4.10. The van der Waals surface area contributed by atoms with Crippen molar-refractivity contribution in [3.8, 4) is 5.75 Å². The lowest BCUT2D eigenvalue weighted by Gasteiger charge is -2.25. The van der Waals surface area contributed by atoms with Gasteiger partial charge in [0.2, 0.25) is 11.8 Å². The summed E-state index contributed by atoms with van der Waals surface area (Å²) in [6.07, 6.45) is 0.0931. The Morgan fingerprint density at radius 1 is 1.04 bits per heavy atom. The fourth-order valence-corrected chi connectivity index (χ4v) is 3.18. The zero-order chi connectivity index (χ0) is 20.1. The zero-order valence-electron chi connectivity index (χ0n) is 16.9. The Bertz CT molecular complexity index is 803. The largest absolute Gasteiger partial charge is 0.491 e. The molecule has 0 aliphatic heterocycles. The zero-order valence-corrected chi connectivity index (χ0v) is 16.9. The maximum absolute atomic E-state index is 12.5. The average molecular weight is 368 g/mol. The minimum atomic E-state index is -0.248. The van der Waals surface area contributed by atoms with Crippen molar-refractivity contribution in [2.24, 2.45) is 0 Å². The molecule has 1 N–H and O–H groups in total. The van der Waals surface area contributed by atoms with Crippen molar-refractivity contribution in [2.45, 2.75) is 47.6 Å². The van der Waals surface area contributed by atoms with Gasteiger partial charge in [0.05, 0.1) is 11.8 Å². The molecule has 144 valence electrons. The van der Waals surface area contributed by atoms with Gasteiger partial charge >= 0.3 is 0 Å². The monoisotopic (exact) mass is 368 g/mol. The van der Waals surface area contributed by atoms with Crippen LogP contribution in [0.5, 0.6) is 5.75 Å². The van der Waals surface area contributed by atoms with Gasteiger partial charge in [-0.2, -0.15) is 0 Å². The fraction of sp³-hybridized carbons (Fsp3) is 0.364. The summed E-state index contributed by atoms with van der Waals surface area (Å²) in [5, 5.41) is 2.84. The number of amides is 2. The molecule has 0 spiro atoms. The molecule has 0 saturated heterocycles. The molecule has 27 heavy (non-hydrogen) atoms. The van der Waals surface area contributed by atoms with Gasteiger partial charge in [0.1, 0.15) is 12.3 Å². The smallest absolute Gasteiger partial charge is 0.244 e. The van der Waals surface area contributed by atoms with Gasteiger partial charge in [0.25, 0.3) is 0 Å². The summed E-state index contributed by atoms with van der Waals surface area (Å²) in [5.41, 5.74) is 4.54. The Morgan fingerprint density at radius 3 is 2.07 bits per heavy atom. The van der Waals surface area contributed by atoms with E-state index in [9.17, 15) is 9.59 Å². The molecule has 2 amide bonds. The number of carbonyl (C=O) groups is 2. The molecule has 0 aliphatic rings. The molecule has 5 heteroatoms. The van der Waals surface area contributed by atoms with E-state index in [1.54, 1.807) is 12.1 Å². The summed E-state index contributed by atoms with van der Waals surface area (Å²) in [7, 11) is 0. The Morgan fingerprint density at radius 2 is 1.59 bits per heavy atom. The van der Waals surface area contributed by atoms with E-state index in [4.69, 9.17) is 4.74 Å². The van der Waals surface area contributed by atoms with Crippen LogP contribution in [0, 0.1) is 20.8 Å². The molecule has 0 saturated carbocycles. The van der Waals surface area contributed by atoms with Gasteiger partial charge in [0, 0.05) is 12.6 Å². The Balaban J connectivity index is 2.13. The summed E-state index contributed by atoms with van der Waals surface area (Å²) in [6, 6.07) is 11.2. The molecule has 0 fully saturated rings. The van der Waals surface area contributed by atoms with E-state index in [1.807, 2.05) is 58.9 Å². The van der Waals surface area contributed by atoms with Crippen molar-refractivity contribution in [3.63, 3.8) is 0 Å². The first kappa shape index (κ1) is 20.5.